The van der Waals surface area contributed by atoms with Crippen molar-refractivity contribution >= 4 is 16.8 Å². The molecule has 0 fully saturated rings. The summed E-state index contributed by atoms with van der Waals surface area (Å²) in [5.74, 6) is 0.350. The molecule has 0 saturated heterocycles. The molecule has 1 amide bonds. The maximum absolute atomic E-state index is 12.9. The van der Waals surface area contributed by atoms with Crippen LogP contribution < -0.4 is 5.73 Å². The average Bonchev–Trinajstić information content (AvgIpc) is 2.50. The zero-order chi connectivity index (χ0) is 15.4. The van der Waals surface area contributed by atoms with Gasteiger partial charge >= 0.3 is 0 Å². The summed E-state index contributed by atoms with van der Waals surface area (Å²) in [4.78, 5) is 19.2. The molecule has 1 unspecified atom stereocenters. The zero-order valence-corrected chi connectivity index (χ0v) is 13.0. The molecule has 1 atom stereocenters. The van der Waals surface area contributed by atoms with Crippen molar-refractivity contribution in [1.29, 1.82) is 0 Å². The van der Waals surface area contributed by atoms with Crippen molar-refractivity contribution in [2.75, 3.05) is 19.6 Å². The lowest BCUT2D eigenvalue weighted by atomic mass is 10.1. The summed E-state index contributed by atoms with van der Waals surface area (Å²) in [6.45, 7) is 7.92. The van der Waals surface area contributed by atoms with E-state index in [0.717, 1.165) is 22.2 Å². The van der Waals surface area contributed by atoms with Gasteiger partial charge in [0.1, 0.15) is 0 Å². The zero-order valence-electron chi connectivity index (χ0n) is 13.0. The number of aryl methyl sites for hydroxylation is 1. The Bertz CT molecular complexity index is 639. The van der Waals surface area contributed by atoms with Crippen molar-refractivity contribution < 1.29 is 4.79 Å². The van der Waals surface area contributed by atoms with Gasteiger partial charge in [-0.15, -0.1) is 0 Å². The Hall–Kier alpha value is -1.94. The first kappa shape index (κ1) is 15.4. The Balaban J connectivity index is 2.42. The van der Waals surface area contributed by atoms with E-state index in [1.54, 1.807) is 0 Å². The maximum atomic E-state index is 12.9. The fourth-order valence-corrected chi connectivity index (χ4v) is 2.46. The highest BCUT2D eigenvalue weighted by Gasteiger charge is 2.19. The lowest BCUT2D eigenvalue weighted by Crippen LogP contribution is -2.36. The molecule has 0 aliphatic carbocycles. The van der Waals surface area contributed by atoms with Crippen molar-refractivity contribution in [2.24, 2.45) is 11.7 Å². The summed E-state index contributed by atoms with van der Waals surface area (Å²) in [5, 5.41) is 0.909. The van der Waals surface area contributed by atoms with Gasteiger partial charge in [-0.1, -0.05) is 25.1 Å². The van der Waals surface area contributed by atoms with Gasteiger partial charge in [-0.2, -0.15) is 0 Å². The highest BCUT2D eigenvalue weighted by atomic mass is 16.2. The summed E-state index contributed by atoms with van der Waals surface area (Å²) < 4.78 is 0. The number of carbonyl (C=O) groups is 1. The molecule has 1 heterocycles. The van der Waals surface area contributed by atoms with Gasteiger partial charge in [0, 0.05) is 24.2 Å². The third kappa shape index (κ3) is 3.39. The molecule has 21 heavy (non-hydrogen) atoms. The van der Waals surface area contributed by atoms with E-state index in [9.17, 15) is 4.79 Å². The molecular formula is C17H23N3O. The SMILES string of the molecule is CCN(CC(C)CN)C(=O)c1cc(C)nc2ccccc12. The van der Waals surface area contributed by atoms with Crippen LogP contribution in [0.25, 0.3) is 10.9 Å². The molecule has 2 rings (SSSR count). The van der Waals surface area contributed by atoms with Crippen LogP contribution in [0, 0.1) is 12.8 Å². The van der Waals surface area contributed by atoms with Crippen LogP contribution in [0.3, 0.4) is 0 Å². The molecule has 1 aromatic carbocycles. The number of aromatic nitrogens is 1. The summed E-state index contributed by atoms with van der Waals surface area (Å²) in [5.41, 5.74) is 8.13. The Kier molecular flexibility index (Phi) is 4.91. The van der Waals surface area contributed by atoms with Gasteiger partial charge in [0.15, 0.2) is 0 Å². The number of pyridine rings is 1. The second kappa shape index (κ2) is 6.68. The molecule has 0 aliphatic rings. The van der Waals surface area contributed by atoms with E-state index < -0.39 is 0 Å². The highest BCUT2D eigenvalue weighted by Crippen LogP contribution is 2.20. The topological polar surface area (TPSA) is 59.2 Å². The summed E-state index contributed by atoms with van der Waals surface area (Å²) in [7, 11) is 0. The molecule has 0 radical (unpaired) electrons. The van der Waals surface area contributed by atoms with Crippen LogP contribution in [-0.2, 0) is 0 Å². The summed E-state index contributed by atoms with van der Waals surface area (Å²) >= 11 is 0. The van der Waals surface area contributed by atoms with Gasteiger partial charge in [0.2, 0.25) is 0 Å². The first-order valence-corrected chi connectivity index (χ1v) is 7.42. The average molecular weight is 285 g/mol. The van der Waals surface area contributed by atoms with Crippen molar-refractivity contribution in [1.82, 2.24) is 9.88 Å². The van der Waals surface area contributed by atoms with E-state index >= 15 is 0 Å². The number of hydrogen-bond donors (Lipinski definition) is 1. The first-order valence-electron chi connectivity index (χ1n) is 7.42. The van der Waals surface area contributed by atoms with Crippen LogP contribution in [0.1, 0.15) is 29.9 Å². The van der Waals surface area contributed by atoms with Crippen LogP contribution in [0.5, 0.6) is 0 Å². The van der Waals surface area contributed by atoms with Crippen LogP contribution in [-0.4, -0.2) is 35.4 Å². The number of benzene rings is 1. The van der Waals surface area contributed by atoms with E-state index in [1.807, 2.05) is 49.1 Å². The second-order valence-electron chi connectivity index (χ2n) is 5.51. The van der Waals surface area contributed by atoms with Gasteiger partial charge in [-0.05, 0) is 38.4 Å². The lowest BCUT2D eigenvalue weighted by Gasteiger charge is -2.24. The number of hydrogen-bond acceptors (Lipinski definition) is 3. The molecular weight excluding hydrogens is 262 g/mol. The Morgan fingerprint density at radius 2 is 2.10 bits per heavy atom. The van der Waals surface area contributed by atoms with Gasteiger partial charge < -0.3 is 10.6 Å². The Morgan fingerprint density at radius 3 is 2.76 bits per heavy atom. The van der Waals surface area contributed by atoms with Gasteiger partial charge in [0.25, 0.3) is 5.91 Å². The number of amides is 1. The van der Waals surface area contributed by atoms with Gasteiger partial charge in [-0.3, -0.25) is 9.78 Å². The molecule has 0 aliphatic heterocycles. The predicted molar refractivity (Wildman–Crippen MR) is 86.3 cm³/mol. The molecule has 4 heteroatoms. The number of nitrogens with two attached hydrogens (primary N) is 1. The standard InChI is InChI=1S/C17H23N3O/c1-4-20(11-12(2)10-18)17(21)15-9-13(3)19-16-8-6-5-7-14(15)16/h5-9,12H,4,10-11,18H2,1-3H3. The number of rotatable bonds is 5. The van der Waals surface area contributed by atoms with E-state index in [2.05, 4.69) is 11.9 Å². The number of para-hydroxylation sites is 1. The predicted octanol–water partition coefficient (Wildman–Crippen LogP) is 2.60. The van der Waals surface area contributed by atoms with Gasteiger partial charge in [-0.25, -0.2) is 0 Å². The van der Waals surface area contributed by atoms with Crippen LogP contribution >= 0.6 is 0 Å². The highest BCUT2D eigenvalue weighted by molar-refractivity contribution is 6.06. The molecule has 0 spiro atoms. The molecule has 0 bridgehead atoms. The van der Waals surface area contributed by atoms with Gasteiger partial charge in [0.05, 0.1) is 11.1 Å². The van der Waals surface area contributed by atoms with Crippen molar-refractivity contribution in [2.45, 2.75) is 20.8 Å². The molecule has 4 nitrogen and oxygen atoms in total. The fourth-order valence-electron chi connectivity index (χ4n) is 2.46. The van der Waals surface area contributed by atoms with Crippen LogP contribution in [0.4, 0.5) is 0 Å². The normalized spacial score (nSPS) is 12.4. The summed E-state index contributed by atoms with van der Waals surface area (Å²) in [6, 6.07) is 9.65. The Morgan fingerprint density at radius 1 is 1.38 bits per heavy atom. The molecule has 0 saturated carbocycles. The minimum Gasteiger partial charge on any atom is -0.339 e. The smallest absolute Gasteiger partial charge is 0.254 e. The molecule has 112 valence electrons. The van der Waals surface area contributed by atoms with Crippen LogP contribution in [0.15, 0.2) is 30.3 Å². The monoisotopic (exact) mass is 285 g/mol. The van der Waals surface area contributed by atoms with E-state index in [-0.39, 0.29) is 5.91 Å². The Labute approximate surface area is 126 Å². The molecule has 1 aromatic heterocycles. The minimum atomic E-state index is 0.0551. The molecule has 2 aromatic rings. The fraction of sp³-hybridized carbons (Fsp3) is 0.412. The number of nitrogens with zero attached hydrogens (tertiary/aromatic N) is 2. The summed E-state index contributed by atoms with van der Waals surface area (Å²) in [6.07, 6.45) is 0. The van der Waals surface area contributed by atoms with Crippen molar-refractivity contribution in [3.05, 3.63) is 41.6 Å². The third-order valence-corrected chi connectivity index (χ3v) is 3.68. The van der Waals surface area contributed by atoms with Crippen molar-refractivity contribution in [3.63, 3.8) is 0 Å². The van der Waals surface area contributed by atoms with E-state index in [0.29, 0.717) is 25.6 Å². The second-order valence-corrected chi connectivity index (χ2v) is 5.51. The quantitative estimate of drug-likeness (QED) is 0.918. The largest absolute Gasteiger partial charge is 0.339 e. The molecule has 2 N–H and O–H groups in total. The number of carbonyl (C=O) groups excluding carboxylic acids is 1. The van der Waals surface area contributed by atoms with E-state index in [4.69, 9.17) is 5.73 Å². The lowest BCUT2D eigenvalue weighted by molar-refractivity contribution is 0.0745. The van der Waals surface area contributed by atoms with E-state index in [1.165, 1.54) is 0 Å². The van der Waals surface area contributed by atoms with Crippen molar-refractivity contribution in [3.8, 4) is 0 Å². The van der Waals surface area contributed by atoms with Crippen LogP contribution in [0.2, 0.25) is 0 Å². The minimum absolute atomic E-state index is 0.0551. The maximum Gasteiger partial charge on any atom is 0.254 e. The number of fused-ring (bicyclic) bond motifs is 1. The third-order valence-electron chi connectivity index (χ3n) is 3.68. The first-order chi connectivity index (χ1) is 10.1.